The largest absolute Gasteiger partial charge is 0.393 e. The predicted molar refractivity (Wildman–Crippen MR) is 161 cm³/mol. The van der Waals surface area contributed by atoms with Crippen molar-refractivity contribution in [3.05, 3.63) is 6.42 Å². The van der Waals surface area contributed by atoms with E-state index >= 15 is 0 Å². The fourth-order valence-corrected chi connectivity index (χ4v) is 9.28. The number of aliphatic hydroxyl groups is 3. The Morgan fingerprint density at radius 3 is 2.35 bits per heavy atom. The summed E-state index contributed by atoms with van der Waals surface area (Å²) in [6, 6.07) is 0. The molecular weight excluding hydrogens is 552 g/mol. The van der Waals surface area contributed by atoms with Crippen molar-refractivity contribution >= 4 is 0 Å². The molecule has 2 unspecified atom stereocenters. The molecule has 5 aliphatic heterocycles. The van der Waals surface area contributed by atoms with E-state index in [0.29, 0.717) is 12.8 Å². The molecule has 0 bridgehead atoms. The zero-order chi connectivity index (χ0) is 31.5. The van der Waals surface area contributed by atoms with E-state index in [2.05, 4.69) is 41.5 Å². The molecule has 5 rings (SSSR count). The third kappa shape index (κ3) is 6.09. The first-order chi connectivity index (χ1) is 20.1. The number of hydrogen-bond donors (Lipinski definition) is 3. The topological polar surface area (TPSA) is 116 Å². The highest BCUT2D eigenvalue weighted by atomic mass is 16.7. The zero-order valence-corrected chi connectivity index (χ0v) is 28.0. The van der Waals surface area contributed by atoms with Crippen LogP contribution < -0.4 is 0 Å². The van der Waals surface area contributed by atoms with Crippen molar-refractivity contribution in [1.29, 1.82) is 0 Å². The summed E-state index contributed by atoms with van der Waals surface area (Å²) < 4.78 is 39.2. The molecule has 1 spiro atoms. The summed E-state index contributed by atoms with van der Waals surface area (Å²) in [6.07, 6.45) is 5.82. The van der Waals surface area contributed by atoms with Gasteiger partial charge in [0.1, 0.15) is 0 Å². The maximum atomic E-state index is 11.2. The summed E-state index contributed by atoms with van der Waals surface area (Å²) in [5, 5.41) is 31.9. The monoisotopic (exact) mass is 611 g/mol. The van der Waals surface area contributed by atoms with Gasteiger partial charge in [0, 0.05) is 37.7 Å². The van der Waals surface area contributed by atoms with Gasteiger partial charge in [-0.3, -0.25) is 0 Å². The van der Waals surface area contributed by atoms with E-state index in [1.807, 2.05) is 20.3 Å². The van der Waals surface area contributed by atoms with E-state index in [4.69, 9.17) is 28.4 Å². The van der Waals surface area contributed by atoms with Gasteiger partial charge in [0.25, 0.3) is 0 Å². The van der Waals surface area contributed by atoms with Crippen LogP contribution in [0, 0.1) is 36.0 Å². The summed E-state index contributed by atoms with van der Waals surface area (Å²) >= 11 is 0. The Labute approximate surface area is 259 Å². The molecule has 16 atom stereocenters. The molecule has 9 heteroatoms. The third-order valence-electron chi connectivity index (χ3n) is 12.1. The van der Waals surface area contributed by atoms with Crippen LogP contribution >= 0.6 is 0 Å². The molecule has 43 heavy (non-hydrogen) atoms. The van der Waals surface area contributed by atoms with Gasteiger partial charge in [0.15, 0.2) is 11.6 Å². The molecule has 5 fully saturated rings. The molecule has 0 aromatic heterocycles. The SMILES string of the molecule is C[CH][C@H](OC)[C@H](C)[C@H]1OC2(CC[C@@](C)([C@H]3CC[C@@](C)([C@@H]4OC([C@H]5O[C@@](O)(CO)[C@H](C)C[C@@H]5C)C[C@@H]4C)O3)O2)C[C@H](O)[C@H]1C. The lowest BCUT2D eigenvalue weighted by Crippen LogP contribution is -2.56. The van der Waals surface area contributed by atoms with Crippen LogP contribution in [0.3, 0.4) is 0 Å². The molecule has 5 aliphatic rings. The lowest BCUT2D eigenvalue weighted by Gasteiger charge is -2.48. The van der Waals surface area contributed by atoms with Crippen molar-refractivity contribution in [3.8, 4) is 0 Å². The Morgan fingerprint density at radius 2 is 1.70 bits per heavy atom. The van der Waals surface area contributed by atoms with Gasteiger partial charge in [0.05, 0.1) is 60.5 Å². The average Bonchev–Trinajstić information content (AvgIpc) is 3.65. The van der Waals surface area contributed by atoms with Crippen LogP contribution in [0.5, 0.6) is 0 Å². The number of rotatable bonds is 8. The van der Waals surface area contributed by atoms with Gasteiger partial charge in [0.2, 0.25) is 0 Å². The molecular formula is C34H59O9. The van der Waals surface area contributed by atoms with Crippen molar-refractivity contribution in [2.75, 3.05) is 13.7 Å². The molecule has 0 aliphatic carbocycles. The zero-order valence-electron chi connectivity index (χ0n) is 28.0. The van der Waals surface area contributed by atoms with E-state index in [9.17, 15) is 15.3 Å². The van der Waals surface area contributed by atoms with Crippen LogP contribution in [0.1, 0.15) is 100 Å². The van der Waals surface area contributed by atoms with Crippen LogP contribution in [0.15, 0.2) is 0 Å². The van der Waals surface area contributed by atoms with Crippen molar-refractivity contribution in [2.24, 2.45) is 29.6 Å². The normalized spacial score (nSPS) is 53.9. The van der Waals surface area contributed by atoms with Gasteiger partial charge in [-0.05, 0) is 64.2 Å². The van der Waals surface area contributed by atoms with Gasteiger partial charge < -0.3 is 43.7 Å². The van der Waals surface area contributed by atoms with Gasteiger partial charge in [-0.1, -0.05) is 41.5 Å². The van der Waals surface area contributed by atoms with E-state index in [1.54, 1.807) is 7.11 Å². The molecule has 0 aromatic carbocycles. The Hall–Kier alpha value is -0.360. The maximum Gasteiger partial charge on any atom is 0.192 e. The second-order valence-electron chi connectivity index (χ2n) is 15.4. The molecule has 5 heterocycles. The van der Waals surface area contributed by atoms with Crippen LogP contribution in [0.25, 0.3) is 0 Å². The predicted octanol–water partition coefficient (Wildman–Crippen LogP) is 4.39. The van der Waals surface area contributed by atoms with E-state index in [0.717, 1.165) is 32.1 Å². The first-order valence-corrected chi connectivity index (χ1v) is 16.9. The Balaban J connectivity index is 1.25. The van der Waals surface area contributed by atoms with Crippen molar-refractivity contribution in [3.63, 3.8) is 0 Å². The molecule has 0 saturated carbocycles. The lowest BCUT2D eigenvalue weighted by atomic mass is 9.80. The lowest BCUT2D eigenvalue weighted by molar-refractivity contribution is -0.335. The van der Waals surface area contributed by atoms with Gasteiger partial charge in [-0.15, -0.1) is 0 Å². The minimum Gasteiger partial charge on any atom is -0.393 e. The Morgan fingerprint density at radius 1 is 0.977 bits per heavy atom. The smallest absolute Gasteiger partial charge is 0.192 e. The summed E-state index contributed by atoms with van der Waals surface area (Å²) in [7, 11) is 1.72. The minimum atomic E-state index is -1.53. The summed E-state index contributed by atoms with van der Waals surface area (Å²) in [5.41, 5.74) is -1.03. The fourth-order valence-electron chi connectivity index (χ4n) is 9.28. The minimum absolute atomic E-state index is 0.0268. The highest BCUT2D eigenvalue weighted by Crippen LogP contribution is 2.54. The summed E-state index contributed by atoms with van der Waals surface area (Å²) in [6.45, 7) is 16.3. The second-order valence-corrected chi connectivity index (χ2v) is 15.4. The van der Waals surface area contributed by atoms with Crippen molar-refractivity contribution in [2.45, 2.75) is 166 Å². The van der Waals surface area contributed by atoms with E-state index in [-0.39, 0.29) is 66.2 Å². The summed E-state index contributed by atoms with van der Waals surface area (Å²) in [4.78, 5) is 0. The van der Waals surface area contributed by atoms with Gasteiger partial charge >= 0.3 is 0 Å². The van der Waals surface area contributed by atoms with Crippen LogP contribution in [-0.4, -0.2) is 94.5 Å². The molecule has 0 aromatic rings. The van der Waals surface area contributed by atoms with E-state index < -0.39 is 35.5 Å². The van der Waals surface area contributed by atoms with Crippen molar-refractivity contribution < 1.29 is 43.7 Å². The highest BCUT2D eigenvalue weighted by Gasteiger charge is 2.61. The van der Waals surface area contributed by atoms with Gasteiger partial charge in [-0.25, -0.2) is 0 Å². The summed E-state index contributed by atoms with van der Waals surface area (Å²) in [5.74, 6) is -2.02. The van der Waals surface area contributed by atoms with Crippen LogP contribution in [0.4, 0.5) is 0 Å². The first-order valence-electron chi connectivity index (χ1n) is 16.9. The van der Waals surface area contributed by atoms with Gasteiger partial charge in [-0.2, -0.15) is 0 Å². The van der Waals surface area contributed by atoms with Crippen LogP contribution in [0.2, 0.25) is 0 Å². The Kier molecular flexibility index (Phi) is 9.76. The standard InChI is InChI=1S/C34H59O9/c1-10-25(38-9)23(6)29-22(5)24(36)17-33(41-29)14-13-31(7,43-33)27-11-12-32(8,40-27)30-20(3)16-26(39-30)28-19(2)15-21(4)34(37,18-35)42-28/h10,19-30,35-37H,11-18H2,1-9H3/t19-,20-,21+,22+,23-,24-,25-,26?,27+,28-,29-,30+,31-,32-,33?,34-/m0/s1. The molecule has 249 valence electrons. The Bertz CT molecular complexity index is 962. The van der Waals surface area contributed by atoms with Crippen molar-refractivity contribution in [1.82, 2.24) is 0 Å². The third-order valence-corrected chi connectivity index (χ3v) is 12.1. The number of aliphatic hydroxyl groups excluding tert-OH is 2. The molecule has 9 nitrogen and oxygen atoms in total. The molecule has 5 saturated heterocycles. The van der Waals surface area contributed by atoms with E-state index in [1.165, 1.54) is 0 Å². The number of ether oxygens (including phenoxy) is 6. The second kappa shape index (κ2) is 12.3. The molecule has 3 N–H and O–H groups in total. The average molecular weight is 612 g/mol. The molecule has 0 amide bonds. The molecule has 1 radical (unpaired) electrons. The maximum absolute atomic E-state index is 11.2. The highest BCUT2D eigenvalue weighted by molar-refractivity contribution is 5.07. The van der Waals surface area contributed by atoms with Crippen LogP contribution in [-0.2, 0) is 28.4 Å². The number of hydrogen-bond acceptors (Lipinski definition) is 9. The first kappa shape index (κ1) is 34.0. The quantitative estimate of drug-likeness (QED) is 0.368. The fraction of sp³-hybridized carbons (Fsp3) is 0.971. The number of methoxy groups -OCH3 is 1.